The molecule has 0 bridgehead atoms. The van der Waals surface area contributed by atoms with Gasteiger partial charge in [-0.15, -0.1) is 0 Å². The zero-order valence-electron chi connectivity index (χ0n) is 6.90. The van der Waals surface area contributed by atoms with Gasteiger partial charge in [0.1, 0.15) is 0 Å². The Morgan fingerprint density at radius 3 is 2.23 bits per heavy atom. The standard InChI is InChI=1S/C5H8F3N3O2/c1-9-3(5(6,7)8)10-11-4(12)13-2/h1-2H3,(H,9,10)(H,11,12). The number of aliphatic imine (C=N–C) groups is 1. The number of halogens is 3. The summed E-state index contributed by atoms with van der Waals surface area (Å²) in [5.41, 5.74) is 3.19. The van der Waals surface area contributed by atoms with Crippen LogP contribution in [0.5, 0.6) is 0 Å². The number of hydrazine groups is 1. The maximum atomic E-state index is 11.9. The van der Waals surface area contributed by atoms with E-state index in [-0.39, 0.29) is 0 Å². The molecule has 0 atom stereocenters. The predicted octanol–water partition coefficient (Wildman–Crippen LogP) is 0.438. The summed E-state index contributed by atoms with van der Waals surface area (Å²) in [5.74, 6) is -1.31. The molecule has 5 nitrogen and oxygen atoms in total. The van der Waals surface area contributed by atoms with E-state index < -0.39 is 18.1 Å². The minimum absolute atomic E-state index is 0.939. The number of methoxy groups -OCH3 is 1. The average Bonchev–Trinajstić information content (AvgIpc) is 2.02. The molecular formula is C5H8F3N3O2. The molecule has 0 radical (unpaired) electrons. The maximum absolute atomic E-state index is 11.9. The molecule has 0 aliphatic heterocycles. The maximum Gasteiger partial charge on any atom is 0.450 e. The number of carbonyl (C=O) groups is 1. The Morgan fingerprint density at radius 1 is 1.38 bits per heavy atom. The van der Waals surface area contributed by atoms with Crippen molar-refractivity contribution in [2.75, 3.05) is 14.2 Å². The monoisotopic (exact) mass is 199 g/mol. The van der Waals surface area contributed by atoms with E-state index in [0.29, 0.717) is 0 Å². The van der Waals surface area contributed by atoms with Gasteiger partial charge >= 0.3 is 12.3 Å². The van der Waals surface area contributed by atoms with Crippen molar-refractivity contribution in [2.45, 2.75) is 6.18 Å². The Morgan fingerprint density at radius 2 is 1.92 bits per heavy atom. The molecule has 0 fully saturated rings. The van der Waals surface area contributed by atoms with Crippen LogP contribution in [0, 0.1) is 0 Å². The molecule has 0 aliphatic rings. The topological polar surface area (TPSA) is 62.7 Å². The first-order valence-electron chi connectivity index (χ1n) is 3.05. The van der Waals surface area contributed by atoms with Gasteiger partial charge in [0.2, 0.25) is 5.84 Å². The second kappa shape index (κ2) is 4.53. The Labute approximate surface area is 71.9 Å². The van der Waals surface area contributed by atoms with Crippen LogP contribution in [0.1, 0.15) is 0 Å². The lowest BCUT2D eigenvalue weighted by Crippen LogP contribution is -2.47. The third-order valence-corrected chi connectivity index (χ3v) is 0.960. The summed E-state index contributed by atoms with van der Waals surface area (Å²) in [6.07, 6.45) is -5.67. The first-order chi connectivity index (χ1) is 5.91. The molecule has 0 heterocycles. The normalized spacial score (nSPS) is 12.2. The number of amidine groups is 1. The number of hydrogen-bond donors (Lipinski definition) is 2. The number of hydrogen-bond acceptors (Lipinski definition) is 3. The molecule has 0 saturated carbocycles. The minimum Gasteiger partial charge on any atom is -0.452 e. The lowest BCUT2D eigenvalue weighted by Gasteiger charge is -2.11. The summed E-state index contributed by atoms with van der Waals surface area (Å²) in [4.78, 5) is 13.2. The average molecular weight is 199 g/mol. The van der Waals surface area contributed by atoms with Crippen LogP contribution in [0.25, 0.3) is 0 Å². The van der Waals surface area contributed by atoms with Gasteiger partial charge in [-0.2, -0.15) is 13.2 Å². The van der Waals surface area contributed by atoms with Gasteiger partial charge in [0.05, 0.1) is 7.11 Å². The predicted molar refractivity (Wildman–Crippen MR) is 38.1 cm³/mol. The van der Waals surface area contributed by atoms with Crippen molar-refractivity contribution in [3.05, 3.63) is 0 Å². The molecule has 2 N–H and O–H groups in total. The first kappa shape index (κ1) is 11.5. The van der Waals surface area contributed by atoms with Gasteiger partial charge in [0.25, 0.3) is 0 Å². The van der Waals surface area contributed by atoms with Crippen LogP contribution >= 0.6 is 0 Å². The van der Waals surface area contributed by atoms with E-state index in [4.69, 9.17) is 0 Å². The van der Waals surface area contributed by atoms with Crippen LogP contribution in [-0.2, 0) is 4.74 Å². The Kier molecular flexibility index (Phi) is 4.02. The molecule has 0 aromatic carbocycles. The molecule has 76 valence electrons. The number of amides is 1. The molecular weight excluding hydrogens is 191 g/mol. The van der Waals surface area contributed by atoms with Crippen molar-refractivity contribution < 1.29 is 22.7 Å². The minimum atomic E-state index is -4.63. The van der Waals surface area contributed by atoms with Gasteiger partial charge in [-0.05, 0) is 0 Å². The molecule has 0 unspecified atom stereocenters. The molecule has 13 heavy (non-hydrogen) atoms. The lowest BCUT2D eigenvalue weighted by atomic mass is 10.6. The second-order valence-electron chi connectivity index (χ2n) is 1.81. The summed E-state index contributed by atoms with van der Waals surface area (Å²) in [7, 11) is 1.96. The van der Waals surface area contributed by atoms with Crippen LogP contribution in [0.15, 0.2) is 4.99 Å². The molecule has 1 amide bonds. The molecule has 0 aromatic heterocycles. The van der Waals surface area contributed by atoms with E-state index in [1.165, 1.54) is 0 Å². The number of rotatable bonds is 0. The van der Waals surface area contributed by atoms with Crippen molar-refractivity contribution in [2.24, 2.45) is 4.99 Å². The van der Waals surface area contributed by atoms with Gasteiger partial charge in [-0.25, -0.2) is 10.2 Å². The highest BCUT2D eigenvalue weighted by atomic mass is 19.4. The first-order valence-corrected chi connectivity index (χ1v) is 3.05. The highest BCUT2D eigenvalue weighted by molar-refractivity contribution is 5.88. The Hall–Kier alpha value is -1.47. The number of nitrogens with one attached hydrogen (secondary N) is 2. The fourth-order valence-corrected chi connectivity index (χ4v) is 0.415. The highest BCUT2D eigenvalue weighted by Gasteiger charge is 2.35. The zero-order valence-corrected chi connectivity index (χ0v) is 6.90. The third-order valence-electron chi connectivity index (χ3n) is 0.960. The van der Waals surface area contributed by atoms with Gasteiger partial charge in [-0.1, -0.05) is 0 Å². The summed E-state index contributed by atoms with van der Waals surface area (Å²) < 4.78 is 39.7. The fourth-order valence-electron chi connectivity index (χ4n) is 0.415. The highest BCUT2D eigenvalue weighted by Crippen LogP contribution is 2.14. The lowest BCUT2D eigenvalue weighted by molar-refractivity contribution is -0.0624. The van der Waals surface area contributed by atoms with Crippen LogP contribution < -0.4 is 10.9 Å². The fraction of sp³-hybridized carbons (Fsp3) is 0.600. The van der Waals surface area contributed by atoms with E-state index in [1.54, 1.807) is 10.9 Å². The molecule has 0 spiro atoms. The van der Waals surface area contributed by atoms with Crippen LogP contribution in [0.3, 0.4) is 0 Å². The Balaban J connectivity index is 4.11. The van der Waals surface area contributed by atoms with Crippen LogP contribution in [0.2, 0.25) is 0 Å². The van der Waals surface area contributed by atoms with Gasteiger partial charge in [0, 0.05) is 7.05 Å². The van der Waals surface area contributed by atoms with E-state index >= 15 is 0 Å². The summed E-state index contributed by atoms with van der Waals surface area (Å²) in [6, 6.07) is 0. The largest absolute Gasteiger partial charge is 0.452 e. The summed E-state index contributed by atoms with van der Waals surface area (Å²) in [5, 5.41) is 0. The Bertz CT molecular complexity index is 214. The smallest absolute Gasteiger partial charge is 0.450 e. The summed E-state index contributed by atoms with van der Waals surface area (Å²) in [6.45, 7) is 0. The van der Waals surface area contributed by atoms with Crippen molar-refractivity contribution in [3.63, 3.8) is 0 Å². The van der Waals surface area contributed by atoms with E-state index in [2.05, 4.69) is 9.73 Å². The van der Waals surface area contributed by atoms with E-state index in [1.807, 2.05) is 0 Å². The second-order valence-corrected chi connectivity index (χ2v) is 1.81. The number of carbonyl (C=O) groups excluding carboxylic acids is 1. The molecule has 8 heteroatoms. The van der Waals surface area contributed by atoms with Crippen molar-refractivity contribution >= 4 is 11.9 Å². The summed E-state index contributed by atoms with van der Waals surface area (Å²) >= 11 is 0. The van der Waals surface area contributed by atoms with Crippen molar-refractivity contribution in [1.82, 2.24) is 10.9 Å². The molecule has 0 rings (SSSR count). The van der Waals surface area contributed by atoms with Crippen LogP contribution in [0.4, 0.5) is 18.0 Å². The SMILES string of the molecule is C/N=C(/NNC(=O)OC)C(F)(F)F. The van der Waals surface area contributed by atoms with Crippen LogP contribution in [-0.4, -0.2) is 32.3 Å². The van der Waals surface area contributed by atoms with Gasteiger partial charge in [-0.3, -0.25) is 10.4 Å². The molecule has 0 aliphatic carbocycles. The molecule has 0 aromatic rings. The molecule has 0 saturated heterocycles. The van der Waals surface area contributed by atoms with Gasteiger partial charge in [0.15, 0.2) is 0 Å². The van der Waals surface area contributed by atoms with Crippen molar-refractivity contribution in [1.29, 1.82) is 0 Å². The van der Waals surface area contributed by atoms with E-state index in [0.717, 1.165) is 14.2 Å². The number of ether oxygens (including phenoxy) is 1. The zero-order chi connectivity index (χ0) is 10.5. The third kappa shape index (κ3) is 4.19. The quantitative estimate of drug-likeness (QED) is 0.338. The number of nitrogens with zero attached hydrogens (tertiary/aromatic N) is 1. The van der Waals surface area contributed by atoms with Gasteiger partial charge < -0.3 is 4.74 Å². The number of alkyl halides is 3. The van der Waals surface area contributed by atoms with Crippen molar-refractivity contribution in [3.8, 4) is 0 Å². The van der Waals surface area contributed by atoms with E-state index in [9.17, 15) is 18.0 Å².